The third-order valence-corrected chi connectivity index (χ3v) is 2.97. The standard InChI is InChI=1S/C14H19NO3/c1-14(2)9-15(3)8-11-6-5-10(13(16)17-4)7-12(11)18-14/h5-7H,8-9H2,1-4H3. The third kappa shape index (κ3) is 2.64. The fraction of sp³-hybridized carbons (Fsp3) is 0.500. The van der Waals surface area contributed by atoms with Gasteiger partial charge in [0.2, 0.25) is 0 Å². The first-order valence-corrected chi connectivity index (χ1v) is 6.00. The Labute approximate surface area is 107 Å². The van der Waals surface area contributed by atoms with Crippen LogP contribution in [0.5, 0.6) is 5.75 Å². The number of nitrogens with zero attached hydrogens (tertiary/aromatic N) is 1. The summed E-state index contributed by atoms with van der Waals surface area (Å²) in [6.45, 7) is 5.75. The predicted octanol–water partition coefficient (Wildman–Crippen LogP) is 2.08. The molecule has 1 aliphatic rings. The van der Waals surface area contributed by atoms with Gasteiger partial charge in [0.15, 0.2) is 0 Å². The number of carbonyl (C=O) groups excluding carboxylic acids is 1. The van der Waals surface area contributed by atoms with E-state index >= 15 is 0 Å². The fourth-order valence-corrected chi connectivity index (χ4v) is 2.35. The average molecular weight is 249 g/mol. The first-order chi connectivity index (χ1) is 8.41. The molecular formula is C14H19NO3. The van der Waals surface area contributed by atoms with Crippen molar-refractivity contribution in [2.75, 3.05) is 20.7 Å². The smallest absolute Gasteiger partial charge is 0.337 e. The van der Waals surface area contributed by atoms with E-state index in [9.17, 15) is 4.79 Å². The van der Waals surface area contributed by atoms with Gasteiger partial charge in [-0.3, -0.25) is 4.90 Å². The second-order valence-corrected chi connectivity index (χ2v) is 5.35. The lowest BCUT2D eigenvalue weighted by atomic mass is 10.1. The van der Waals surface area contributed by atoms with Crippen molar-refractivity contribution in [2.45, 2.75) is 26.0 Å². The van der Waals surface area contributed by atoms with Crippen LogP contribution in [0.15, 0.2) is 18.2 Å². The van der Waals surface area contributed by atoms with E-state index in [0.717, 1.165) is 24.4 Å². The molecule has 0 N–H and O–H groups in total. The molecule has 0 fully saturated rings. The maximum atomic E-state index is 11.5. The number of rotatable bonds is 1. The van der Waals surface area contributed by atoms with Gasteiger partial charge in [0, 0.05) is 18.7 Å². The molecule has 0 radical (unpaired) electrons. The molecule has 1 heterocycles. The summed E-state index contributed by atoms with van der Waals surface area (Å²) in [6, 6.07) is 5.47. The van der Waals surface area contributed by atoms with Gasteiger partial charge in [-0.05, 0) is 33.0 Å². The van der Waals surface area contributed by atoms with E-state index in [4.69, 9.17) is 9.47 Å². The number of likely N-dealkylation sites (N-methyl/N-ethyl adjacent to an activating group) is 1. The number of benzene rings is 1. The average Bonchev–Trinajstić information content (AvgIpc) is 2.39. The molecule has 4 heteroatoms. The Kier molecular flexibility index (Phi) is 3.30. The Balaban J connectivity index is 2.39. The Morgan fingerprint density at radius 1 is 1.44 bits per heavy atom. The topological polar surface area (TPSA) is 38.8 Å². The van der Waals surface area contributed by atoms with Crippen molar-refractivity contribution in [3.8, 4) is 5.75 Å². The molecular weight excluding hydrogens is 230 g/mol. The number of hydrogen-bond donors (Lipinski definition) is 0. The zero-order valence-electron chi connectivity index (χ0n) is 11.3. The van der Waals surface area contributed by atoms with Crippen LogP contribution in [0.25, 0.3) is 0 Å². The Hall–Kier alpha value is -1.55. The van der Waals surface area contributed by atoms with Gasteiger partial charge in [0.25, 0.3) is 0 Å². The minimum Gasteiger partial charge on any atom is -0.486 e. The summed E-state index contributed by atoms with van der Waals surface area (Å²) in [6.07, 6.45) is 0. The molecule has 0 bridgehead atoms. The number of ether oxygens (including phenoxy) is 2. The van der Waals surface area contributed by atoms with Crippen molar-refractivity contribution in [1.29, 1.82) is 0 Å². The molecule has 0 saturated heterocycles. The largest absolute Gasteiger partial charge is 0.486 e. The van der Waals surface area contributed by atoms with Crippen molar-refractivity contribution in [3.63, 3.8) is 0 Å². The molecule has 1 aromatic rings. The van der Waals surface area contributed by atoms with Crippen LogP contribution in [-0.4, -0.2) is 37.2 Å². The second kappa shape index (κ2) is 4.61. The summed E-state index contributed by atoms with van der Waals surface area (Å²) in [4.78, 5) is 13.7. The maximum Gasteiger partial charge on any atom is 0.337 e. The van der Waals surface area contributed by atoms with Crippen LogP contribution >= 0.6 is 0 Å². The minimum atomic E-state index is -0.336. The molecule has 0 aliphatic carbocycles. The molecule has 2 rings (SSSR count). The first-order valence-electron chi connectivity index (χ1n) is 6.00. The SMILES string of the molecule is COC(=O)c1ccc2c(c1)OC(C)(C)CN(C)C2. The van der Waals surface area contributed by atoms with Crippen molar-refractivity contribution < 1.29 is 14.3 Å². The van der Waals surface area contributed by atoms with Crippen LogP contribution in [0.4, 0.5) is 0 Å². The minimum absolute atomic E-state index is 0.269. The van der Waals surface area contributed by atoms with Crippen molar-refractivity contribution in [3.05, 3.63) is 29.3 Å². The normalized spacial score (nSPS) is 18.4. The van der Waals surface area contributed by atoms with Gasteiger partial charge in [-0.1, -0.05) is 6.07 Å². The first kappa shape index (κ1) is 12.9. The molecule has 0 aromatic heterocycles. The van der Waals surface area contributed by atoms with Gasteiger partial charge in [0.05, 0.1) is 12.7 Å². The Morgan fingerprint density at radius 3 is 2.83 bits per heavy atom. The second-order valence-electron chi connectivity index (χ2n) is 5.35. The lowest BCUT2D eigenvalue weighted by Crippen LogP contribution is -2.38. The maximum absolute atomic E-state index is 11.5. The molecule has 0 atom stereocenters. The number of hydrogen-bond acceptors (Lipinski definition) is 4. The molecule has 0 saturated carbocycles. The van der Waals surface area contributed by atoms with Crippen molar-refractivity contribution in [1.82, 2.24) is 4.90 Å². The van der Waals surface area contributed by atoms with Crippen molar-refractivity contribution >= 4 is 5.97 Å². The number of carbonyl (C=O) groups is 1. The molecule has 18 heavy (non-hydrogen) atoms. The Bertz CT molecular complexity index is 468. The zero-order valence-corrected chi connectivity index (χ0v) is 11.3. The van der Waals surface area contributed by atoms with Crippen molar-refractivity contribution in [2.24, 2.45) is 0 Å². The van der Waals surface area contributed by atoms with Crippen LogP contribution < -0.4 is 4.74 Å². The van der Waals surface area contributed by atoms with E-state index < -0.39 is 0 Å². The summed E-state index contributed by atoms with van der Waals surface area (Å²) in [7, 11) is 3.45. The lowest BCUT2D eigenvalue weighted by molar-refractivity contribution is 0.0596. The van der Waals surface area contributed by atoms with E-state index in [2.05, 4.69) is 11.9 Å². The van der Waals surface area contributed by atoms with Gasteiger partial charge < -0.3 is 9.47 Å². The van der Waals surface area contributed by atoms with Crippen LogP contribution in [0.2, 0.25) is 0 Å². The Morgan fingerprint density at radius 2 is 2.17 bits per heavy atom. The molecule has 1 aromatic carbocycles. The van der Waals surface area contributed by atoms with Gasteiger partial charge in [0.1, 0.15) is 11.4 Å². The summed E-state index contributed by atoms with van der Waals surface area (Å²) >= 11 is 0. The van der Waals surface area contributed by atoms with E-state index in [1.165, 1.54) is 7.11 Å². The van der Waals surface area contributed by atoms with E-state index in [1.54, 1.807) is 12.1 Å². The number of esters is 1. The van der Waals surface area contributed by atoms with Crippen LogP contribution in [0.1, 0.15) is 29.8 Å². The monoisotopic (exact) mass is 249 g/mol. The van der Waals surface area contributed by atoms with E-state index in [-0.39, 0.29) is 11.6 Å². The molecule has 0 unspecified atom stereocenters. The van der Waals surface area contributed by atoms with E-state index in [1.807, 2.05) is 19.9 Å². The molecule has 4 nitrogen and oxygen atoms in total. The van der Waals surface area contributed by atoms with Crippen LogP contribution in [-0.2, 0) is 11.3 Å². The highest BCUT2D eigenvalue weighted by Crippen LogP contribution is 2.29. The van der Waals surface area contributed by atoms with Gasteiger partial charge in [-0.15, -0.1) is 0 Å². The zero-order chi connectivity index (χ0) is 13.3. The number of fused-ring (bicyclic) bond motifs is 1. The summed E-state index contributed by atoms with van der Waals surface area (Å²) in [5.74, 6) is 0.434. The fourth-order valence-electron chi connectivity index (χ4n) is 2.35. The summed E-state index contributed by atoms with van der Waals surface area (Å²) in [5, 5.41) is 0. The van der Waals surface area contributed by atoms with Gasteiger partial charge in [-0.2, -0.15) is 0 Å². The summed E-state index contributed by atoms with van der Waals surface area (Å²) in [5.41, 5.74) is 1.35. The van der Waals surface area contributed by atoms with Gasteiger partial charge in [-0.25, -0.2) is 4.79 Å². The predicted molar refractivity (Wildman–Crippen MR) is 68.8 cm³/mol. The summed E-state index contributed by atoms with van der Waals surface area (Å²) < 4.78 is 10.7. The highest BCUT2D eigenvalue weighted by molar-refractivity contribution is 5.89. The lowest BCUT2D eigenvalue weighted by Gasteiger charge is -2.27. The number of methoxy groups -OCH3 is 1. The molecule has 1 aliphatic heterocycles. The molecule has 0 amide bonds. The van der Waals surface area contributed by atoms with Crippen LogP contribution in [0.3, 0.4) is 0 Å². The molecule has 98 valence electrons. The molecule has 0 spiro atoms. The van der Waals surface area contributed by atoms with E-state index in [0.29, 0.717) is 5.56 Å². The quantitative estimate of drug-likeness (QED) is 0.714. The highest BCUT2D eigenvalue weighted by Gasteiger charge is 2.27. The highest BCUT2D eigenvalue weighted by atomic mass is 16.5. The van der Waals surface area contributed by atoms with Crippen LogP contribution in [0, 0.1) is 0 Å². The third-order valence-electron chi connectivity index (χ3n) is 2.97. The van der Waals surface area contributed by atoms with Gasteiger partial charge >= 0.3 is 5.97 Å².